The summed E-state index contributed by atoms with van der Waals surface area (Å²) in [6.45, 7) is 2.06. The van der Waals surface area contributed by atoms with E-state index in [4.69, 9.17) is 5.73 Å². The van der Waals surface area contributed by atoms with Crippen LogP contribution in [0.2, 0.25) is 0 Å². The summed E-state index contributed by atoms with van der Waals surface area (Å²) in [5.41, 5.74) is 10.8. The Labute approximate surface area is 126 Å². The predicted octanol–water partition coefficient (Wildman–Crippen LogP) is 4.63. The molecule has 0 aliphatic heterocycles. The van der Waals surface area contributed by atoms with Crippen molar-refractivity contribution in [3.8, 4) is 0 Å². The first-order valence-corrected chi connectivity index (χ1v) is 7.11. The fourth-order valence-corrected chi connectivity index (χ4v) is 2.50. The SMILES string of the molecule is Cc1ccc(Nc2ccc(N)c3cccnc23)cc1Br. The molecule has 3 rings (SSSR count). The number of rotatable bonds is 2. The van der Waals surface area contributed by atoms with Crippen molar-refractivity contribution in [1.29, 1.82) is 0 Å². The van der Waals surface area contributed by atoms with Crippen molar-refractivity contribution in [2.75, 3.05) is 11.1 Å². The first-order valence-electron chi connectivity index (χ1n) is 6.31. The molecule has 100 valence electrons. The lowest BCUT2D eigenvalue weighted by atomic mass is 10.1. The van der Waals surface area contributed by atoms with Gasteiger partial charge in [0.05, 0.1) is 11.2 Å². The maximum Gasteiger partial charge on any atom is 0.0957 e. The van der Waals surface area contributed by atoms with Gasteiger partial charge in [-0.2, -0.15) is 0 Å². The van der Waals surface area contributed by atoms with Crippen LogP contribution in [0.5, 0.6) is 0 Å². The number of nitrogens with zero attached hydrogens (tertiary/aromatic N) is 1. The highest BCUT2D eigenvalue weighted by atomic mass is 79.9. The van der Waals surface area contributed by atoms with E-state index in [0.29, 0.717) is 0 Å². The number of nitrogens with two attached hydrogens (primary N) is 1. The van der Waals surface area contributed by atoms with Gasteiger partial charge < -0.3 is 11.1 Å². The lowest BCUT2D eigenvalue weighted by Gasteiger charge is -2.11. The molecule has 0 fully saturated rings. The minimum atomic E-state index is 0.740. The van der Waals surface area contributed by atoms with Crippen LogP contribution in [-0.4, -0.2) is 4.98 Å². The van der Waals surface area contributed by atoms with Gasteiger partial charge in [-0.1, -0.05) is 22.0 Å². The maximum absolute atomic E-state index is 5.99. The van der Waals surface area contributed by atoms with Crippen LogP contribution in [-0.2, 0) is 0 Å². The molecule has 0 saturated carbocycles. The molecule has 0 aliphatic rings. The molecule has 0 saturated heterocycles. The maximum atomic E-state index is 5.99. The van der Waals surface area contributed by atoms with Gasteiger partial charge in [0.1, 0.15) is 0 Å². The van der Waals surface area contributed by atoms with E-state index in [1.807, 2.05) is 30.3 Å². The summed E-state index contributed by atoms with van der Waals surface area (Å²) in [5.74, 6) is 0. The number of nitrogens with one attached hydrogen (secondary N) is 1. The number of hydrogen-bond acceptors (Lipinski definition) is 3. The average Bonchev–Trinajstić information content (AvgIpc) is 2.46. The zero-order valence-corrected chi connectivity index (χ0v) is 12.6. The Morgan fingerprint density at radius 2 is 2.00 bits per heavy atom. The summed E-state index contributed by atoms with van der Waals surface area (Å²) in [6, 6.07) is 13.9. The lowest BCUT2D eigenvalue weighted by molar-refractivity contribution is 1.39. The zero-order chi connectivity index (χ0) is 14.1. The molecule has 3 nitrogen and oxygen atoms in total. The Balaban J connectivity index is 2.06. The summed E-state index contributed by atoms with van der Waals surface area (Å²) >= 11 is 3.55. The number of aryl methyl sites for hydroxylation is 1. The van der Waals surface area contributed by atoms with E-state index in [0.717, 1.165) is 32.4 Å². The third-order valence-electron chi connectivity index (χ3n) is 3.25. The molecule has 0 atom stereocenters. The van der Waals surface area contributed by atoms with Crippen molar-refractivity contribution in [2.24, 2.45) is 0 Å². The van der Waals surface area contributed by atoms with Gasteiger partial charge >= 0.3 is 0 Å². The van der Waals surface area contributed by atoms with Crippen LogP contribution in [0.4, 0.5) is 17.1 Å². The highest BCUT2D eigenvalue weighted by Crippen LogP contribution is 2.30. The van der Waals surface area contributed by atoms with E-state index in [1.54, 1.807) is 6.20 Å². The molecule has 3 aromatic rings. The van der Waals surface area contributed by atoms with E-state index < -0.39 is 0 Å². The smallest absolute Gasteiger partial charge is 0.0957 e. The molecule has 4 heteroatoms. The highest BCUT2D eigenvalue weighted by molar-refractivity contribution is 9.10. The fourth-order valence-electron chi connectivity index (χ4n) is 2.12. The van der Waals surface area contributed by atoms with Crippen molar-refractivity contribution in [2.45, 2.75) is 6.92 Å². The van der Waals surface area contributed by atoms with Crippen LogP contribution in [0.25, 0.3) is 10.9 Å². The molecule has 0 amide bonds. The van der Waals surface area contributed by atoms with Crippen LogP contribution < -0.4 is 11.1 Å². The first kappa shape index (κ1) is 12.9. The molecular weight excluding hydrogens is 314 g/mol. The Hall–Kier alpha value is -2.07. The summed E-state index contributed by atoms with van der Waals surface area (Å²) in [7, 11) is 0. The topological polar surface area (TPSA) is 50.9 Å². The summed E-state index contributed by atoms with van der Waals surface area (Å²) in [4.78, 5) is 4.42. The summed E-state index contributed by atoms with van der Waals surface area (Å²) in [6.07, 6.45) is 1.78. The summed E-state index contributed by atoms with van der Waals surface area (Å²) in [5, 5.41) is 4.36. The number of aromatic nitrogens is 1. The lowest BCUT2D eigenvalue weighted by Crippen LogP contribution is -1.96. The average molecular weight is 328 g/mol. The third-order valence-corrected chi connectivity index (χ3v) is 4.11. The Bertz CT molecular complexity index is 784. The van der Waals surface area contributed by atoms with Gasteiger partial charge in [-0.15, -0.1) is 0 Å². The number of benzene rings is 2. The van der Waals surface area contributed by atoms with Gasteiger partial charge in [0.25, 0.3) is 0 Å². The molecule has 3 N–H and O–H groups in total. The van der Waals surface area contributed by atoms with Crippen LogP contribution >= 0.6 is 15.9 Å². The fraction of sp³-hybridized carbons (Fsp3) is 0.0625. The number of fused-ring (bicyclic) bond motifs is 1. The van der Waals surface area contributed by atoms with Crippen molar-refractivity contribution in [3.63, 3.8) is 0 Å². The highest BCUT2D eigenvalue weighted by Gasteiger charge is 2.06. The van der Waals surface area contributed by atoms with Crippen LogP contribution in [0.15, 0.2) is 53.1 Å². The quantitative estimate of drug-likeness (QED) is 0.674. The minimum absolute atomic E-state index is 0.740. The second-order valence-corrected chi connectivity index (χ2v) is 5.55. The summed E-state index contributed by atoms with van der Waals surface area (Å²) < 4.78 is 1.08. The number of anilines is 3. The molecule has 2 aromatic carbocycles. The standard InChI is InChI=1S/C16H14BrN3/c1-10-4-5-11(9-13(10)17)20-15-7-6-14(18)12-3-2-8-19-16(12)15/h2-9,20H,18H2,1H3. The van der Waals surface area contributed by atoms with E-state index in [-0.39, 0.29) is 0 Å². The van der Waals surface area contributed by atoms with E-state index in [1.165, 1.54) is 5.56 Å². The largest absolute Gasteiger partial charge is 0.398 e. The van der Waals surface area contributed by atoms with Gasteiger partial charge in [-0.05, 0) is 48.9 Å². The molecule has 1 aromatic heterocycles. The number of halogens is 1. The molecule has 0 spiro atoms. The number of pyridine rings is 1. The van der Waals surface area contributed by atoms with Crippen molar-refractivity contribution in [3.05, 3.63) is 58.7 Å². The van der Waals surface area contributed by atoms with E-state index >= 15 is 0 Å². The molecule has 1 heterocycles. The van der Waals surface area contributed by atoms with Crippen molar-refractivity contribution < 1.29 is 0 Å². The van der Waals surface area contributed by atoms with Crippen molar-refractivity contribution in [1.82, 2.24) is 4.98 Å². The van der Waals surface area contributed by atoms with Gasteiger partial charge in [0, 0.05) is 27.4 Å². The molecule has 20 heavy (non-hydrogen) atoms. The molecule has 0 radical (unpaired) electrons. The minimum Gasteiger partial charge on any atom is -0.398 e. The molecule has 0 bridgehead atoms. The first-order chi connectivity index (χ1) is 9.65. The van der Waals surface area contributed by atoms with Crippen molar-refractivity contribution >= 4 is 43.9 Å². The Kier molecular flexibility index (Phi) is 3.32. The number of hydrogen-bond donors (Lipinski definition) is 2. The van der Waals surface area contributed by atoms with Gasteiger partial charge in [-0.3, -0.25) is 4.98 Å². The monoisotopic (exact) mass is 327 g/mol. The van der Waals surface area contributed by atoms with Gasteiger partial charge in [0.2, 0.25) is 0 Å². The third kappa shape index (κ3) is 2.34. The van der Waals surface area contributed by atoms with E-state index in [9.17, 15) is 0 Å². The second-order valence-electron chi connectivity index (χ2n) is 4.69. The van der Waals surface area contributed by atoms with Crippen LogP contribution in [0, 0.1) is 6.92 Å². The van der Waals surface area contributed by atoms with Gasteiger partial charge in [-0.25, -0.2) is 0 Å². The van der Waals surface area contributed by atoms with Gasteiger partial charge in [0.15, 0.2) is 0 Å². The normalized spacial score (nSPS) is 10.7. The Morgan fingerprint density at radius 3 is 2.80 bits per heavy atom. The van der Waals surface area contributed by atoms with Crippen LogP contribution in [0.1, 0.15) is 5.56 Å². The predicted molar refractivity (Wildman–Crippen MR) is 88.3 cm³/mol. The number of nitrogen functional groups attached to an aromatic ring is 1. The molecule has 0 aliphatic carbocycles. The Morgan fingerprint density at radius 1 is 1.15 bits per heavy atom. The second kappa shape index (κ2) is 5.13. The van der Waals surface area contributed by atoms with E-state index in [2.05, 4.69) is 45.3 Å². The molecular formula is C16H14BrN3. The molecule has 0 unspecified atom stereocenters. The van der Waals surface area contributed by atoms with Crippen LogP contribution in [0.3, 0.4) is 0 Å². The zero-order valence-electron chi connectivity index (χ0n) is 11.0.